The Morgan fingerprint density at radius 1 is 1.24 bits per heavy atom. The lowest BCUT2D eigenvalue weighted by Crippen LogP contribution is -2.49. The molecule has 0 unspecified atom stereocenters. The first kappa shape index (κ1) is 25.6. The van der Waals surface area contributed by atoms with Gasteiger partial charge in [-0.15, -0.1) is 0 Å². The van der Waals surface area contributed by atoms with Gasteiger partial charge in [-0.1, -0.05) is 19.4 Å². The van der Waals surface area contributed by atoms with Gasteiger partial charge in [-0.2, -0.15) is 0 Å². The summed E-state index contributed by atoms with van der Waals surface area (Å²) in [6.07, 6.45) is 3.75. The third-order valence-electron chi connectivity index (χ3n) is 6.33. The number of anilines is 1. The van der Waals surface area contributed by atoms with Crippen molar-refractivity contribution in [3.8, 4) is 0 Å². The van der Waals surface area contributed by atoms with Crippen molar-refractivity contribution in [2.24, 2.45) is 5.92 Å². The molecule has 1 aromatic carbocycles. The van der Waals surface area contributed by atoms with E-state index in [4.69, 9.17) is 4.74 Å². The molecule has 1 aliphatic heterocycles. The molecule has 0 bridgehead atoms. The van der Waals surface area contributed by atoms with Gasteiger partial charge >= 0.3 is 12.0 Å². The van der Waals surface area contributed by atoms with E-state index in [2.05, 4.69) is 17.6 Å². The maximum atomic E-state index is 12.9. The van der Waals surface area contributed by atoms with Gasteiger partial charge in [0, 0.05) is 19.8 Å². The fourth-order valence-corrected chi connectivity index (χ4v) is 5.15. The van der Waals surface area contributed by atoms with E-state index < -0.39 is 52.5 Å². The number of hydrogen-bond acceptors (Lipinski definition) is 7. The van der Waals surface area contributed by atoms with Gasteiger partial charge in [0.2, 0.25) is 10.0 Å². The number of amides is 4. The van der Waals surface area contributed by atoms with E-state index in [1.165, 1.54) is 38.4 Å². The van der Waals surface area contributed by atoms with Crippen LogP contribution in [0.4, 0.5) is 10.5 Å². The van der Waals surface area contributed by atoms with Crippen LogP contribution in [-0.2, 0) is 29.1 Å². The molecule has 0 atom stereocenters. The van der Waals surface area contributed by atoms with Crippen LogP contribution in [0.15, 0.2) is 29.2 Å². The number of rotatable bonds is 8. The van der Waals surface area contributed by atoms with Crippen LogP contribution in [0.5, 0.6) is 0 Å². The van der Waals surface area contributed by atoms with Gasteiger partial charge < -0.3 is 15.4 Å². The summed E-state index contributed by atoms with van der Waals surface area (Å²) in [5.41, 5.74) is -0.749. The van der Waals surface area contributed by atoms with Crippen molar-refractivity contribution in [3.63, 3.8) is 0 Å². The molecule has 0 aromatic heterocycles. The summed E-state index contributed by atoms with van der Waals surface area (Å²) < 4.78 is 30.4. The minimum Gasteiger partial charge on any atom is -0.454 e. The molecule has 34 heavy (non-hydrogen) atoms. The Hall–Kier alpha value is -2.99. The summed E-state index contributed by atoms with van der Waals surface area (Å²) >= 11 is 0. The van der Waals surface area contributed by atoms with Crippen LogP contribution < -0.4 is 10.6 Å². The summed E-state index contributed by atoms with van der Waals surface area (Å²) in [5, 5.41) is 5.20. The lowest BCUT2D eigenvalue weighted by Gasteiger charge is -2.34. The van der Waals surface area contributed by atoms with E-state index in [1.807, 2.05) is 0 Å². The third-order valence-corrected chi connectivity index (χ3v) is 8.14. The number of imide groups is 1. The molecule has 3 rings (SSSR count). The maximum Gasteiger partial charge on any atom is 0.326 e. The molecule has 1 aliphatic carbocycles. The third kappa shape index (κ3) is 5.39. The average Bonchev–Trinajstić information content (AvgIpc) is 3.02. The van der Waals surface area contributed by atoms with Crippen molar-refractivity contribution in [2.75, 3.05) is 32.6 Å². The van der Waals surface area contributed by atoms with Crippen molar-refractivity contribution < 1.29 is 32.3 Å². The summed E-state index contributed by atoms with van der Waals surface area (Å²) in [5.74, 6) is -1.51. The van der Waals surface area contributed by atoms with Gasteiger partial charge in [-0.3, -0.25) is 19.3 Å². The molecule has 1 heterocycles. The van der Waals surface area contributed by atoms with E-state index in [-0.39, 0.29) is 10.6 Å². The number of carbonyl (C=O) groups is 4. The molecule has 1 spiro atoms. The topological polar surface area (TPSA) is 142 Å². The standard InChI is InChI=1S/C22H30N4O7S/c1-4-15-8-10-22(11-9-15)20(29)26(21(30)24-22)13-19(28)33-14-18(27)23-16-6-5-7-17(12-16)34(31,32)25(2)3/h5-7,12,15H,4,8-11,13-14H2,1-3H3,(H,23,27)(H,24,30). The van der Waals surface area contributed by atoms with Crippen LogP contribution in [0, 0.1) is 5.92 Å². The first-order valence-corrected chi connectivity index (χ1v) is 12.5. The van der Waals surface area contributed by atoms with Crippen molar-refractivity contribution in [2.45, 2.75) is 49.5 Å². The number of urea groups is 1. The molecular formula is C22H30N4O7S. The number of esters is 1. The van der Waals surface area contributed by atoms with Gasteiger partial charge in [-0.05, 0) is 49.8 Å². The molecule has 186 valence electrons. The van der Waals surface area contributed by atoms with Crippen LogP contribution in [0.2, 0.25) is 0 Å². The predicted octanol–water partition coefficient (Wildman–Crippen LogP) is 1.31. The second-order valence-electron chi connectivity index (χ2n) is 8.78. The van der Waals surface area contributed by atoms with Gasteiger partial charge in [0.1, 0.15) is 12.1 Å². The lowest BCUT2D eigenvalue weighted by atomic mass is 9.75. The van der Waals surface area contributed by atoms with Crippen molar-refractivity contribution >= 4 is 39.5 Å². The van der Waals surface area contributed by atoms with Crippen LogP contribution >= 0.6 is 0 Å². The van der Waals surface area contributed by atoms with Crippen molar-refractivity contribution in [1.82, 2.24) is 14.5 Å². The number of carbonyl (C=O) groups excluding carboxylic acids is 4. The Morgan fingerprint density at radius 2 is 1.91 bits per heavy atom. The zero-order valence-corrected chi connectivity index (χ0v) is 20.3. The molecule has 0 radical (unpaired) electrons. The van der Waals surface area contributed by atoms with Gasteiger partial charge in [0.05, 0.1) is 4.90 Å². The normalized spacial score (nSPS) is 22.7. The monoisotopic (exact) mass is 494 g/mol. The minimum atomic E-state index is -3.68. The summed E-state index contributed by atoms with van der Waals surface area (Å²) in [6.45, 7) is 0.850. The molecular weight excluding hydrogens is 464 g/mol. The zero-order chi connectivity index (χ0) is 25.1. The van der Waals surface area contributed by atoms with E-state index in [0.717, 1.165) is 28.5 Å². The number of benzene rings is 1. The molecule has 2 aliphatic rings. The van der Waals surface area contributed by atoms with E-state index in [0.29, 0.717) is 18.8 Å². The Kier molecular flexibility index (Phi) is 7.61. The molecule has 1 aromatic rings. The smallest absolute Gasteiger partial charge is 0.326 e. The Labute approximate surface area is 198 Å². The van der Waals surface area contributed by atoms with Gasteiger partial charge in [0.25, 0.3) is 11.8 Å². The molecule has 4 amide bonds. The van der Waals surface area contributed by atoms with Crippen LogP contribution in [0.3, 0.4) is 0 Å². The summed E-state index contributed by atoms with van der Waals surface area (Å²) in [6, 6.07) is 5.01. The zero-order valence-electron chi connectivity index (χ0n) is 19.5. The number of hydrogen-bond donors (Lipinski definition) is 2. The summed E-state index contributed by atoms with van der Waals surface area (Å²) in [4.78, 5) is 50.4. The van der Waals surface area contributed by atoms with E-state index in [9.17, 15) is 27.6 Å². The highest BCUT2D eigenvalue weighted by atomic mass is 32.2. The Morgan fingerprint density at radius 3 is 2.53 bits per heavy atom. The average molecular weight is 495 g/mol. The van der Waals surface area contributed by atoms with Crippen LogP contribution in [0.1, 0.15) is 39.0 Å². The highest BCUT2D eigenvalue weighted by Gasteiger charge is 2.52. The fraction of sp³-hybridized carbons (Fsp3) is 0.545. The number of sulfonamides is 1. The van der Waals surface area contributed by atoms with Crippen molar-refractivity contribution in [3.05, 3.63) is 24.3 Å². The Bertz CT molecular complexity index is 1080. The van der Waals surface area contributed by atoms with Gasteiger partial charge in [-0.25, -0.2) is 17.5 Å². The van der Waals surface area contributed by atoms with E-state index >= 15 is 0 Å². The Balaban J connectivity index is 1.52. The first-order chi connectivity index (χ1) is 16.0. The molecule has 2 N–H and O–H groups in total. The molecule has 2 fully saturated rings. The number of nitrogens with zero attached hydrogens (tertiary/aromatic N) is 2. The molecule has 1 saturated carbocycles. The summed E-state index contributed by atoms with van der Waals surface area (Å²) in [7, 11) is -0.895. The fourth-order valence-electron chi connectivity index (χ4n) is 4.20. The second kappa shape index (κ2) is 10.1. The molecule has 11 nitrogen and oxygen atoms in total. The number of nitrogens with one attached hydrogen (secondary N) is 2. The number of ether oxygens (including phenoxy) is 1. The largest absolute Gasteiger partial charge is 0.454 e. The first-order valence-electron chi connectivity index (χ1n) is 11.1. The quantitative estimate of drug-likeness (QED) is 0.410. The molecule has 12 heteroatoms. The lowest BCUT2D eigenvalue weighted by molar-refractivity contribution is -0.150. The highest BCUT2D eigenvalue weighted by Crippen LogP contribution is 2.37. The second-order valence-corrected chi connectivity index (χ2v) is 10.9. The predicted molar refractivity (Wildman–Crippen MR) is 122 cm³/mol. The maximum absolute atomic E-state index is 12.9. The van der Waals surface area contributed by atoms with Crippen molar-refractivity contribution in [1.29, 1.82) is 0 Å². The van der Waals surface area contributed by atoms with E-state index in [1.54, 1.807) is 0 Å². The van der Waals surface area contributed by atoms with Crippen LogP contribution in [-0.4, -0.2) is 74.2 Å². The molecule has 1 saturated heterocycles. The van der Waals surface area contributed by atoms with Gasteiger partial charge in [0.15, 0.2) is 6.61 Å². The SMILES string of the molecule is CCC1CCC2(CC1)NC(=O)N(CC(=O)OCC(=O)Nc1cccc(S(=O)(=O)N(C)C)c1)C2=O. The van der Waals surface area contributed by atoms with Crippen LogP contribution in [0.25, 0.3) is 0 Å². The minimum absolute atomic E-state index is 0.00671. The highest BCUT2D eigenvalue weighted by molar-refractivity contribution is 7.89.